The van der Waals surface area contributed by atoms with E-state index in [1.54, 1.807) is 0 Å². The van der Waals surface area contributed by atoms with Gasteiger partial charge in [0.2, 0.25) is 0 Å². The molecule has 0 fully saturated rings. The Balaban J connectivity index is 2.77. The first kappa shape index (κ1) is 12.5. The summed E-state index contributed by atoms with van der Waals surface area (Å²) in [7, 11) is 1.92. The lowest BCUT2D eigenvalue weighted by Crippen LogP contribution is -2.16. The van der Waals surface area contributed by atoms with Crippen LogP contribution >= 0.6 is 15.9 Å². The topological polar surface area (TPSA) is 21.3 Å². The largest absolute Gasteiger partial charge is 0.492 e. The van der Waals surface area contributed by atoms with E-state index in [0.717, 1.165) is 16.8 Å². The summed E-state index contributed by atoms with van der Waals surface area (Å²) in [6.45, 7) is 5.92. The van der Waals surface area contributed by atoms with E-state index in [-0.39, 0.29) is 0 Å². The second kappa shape index (κ2) is 6.13. The van der Waals surface area contributed by atoms with Crippen molar-refractivity contribution < 1.29 is 4.74 Å². The van der Waals surface area contributed by atoms with Crippen LogP contribution in [-0.4, -0.2) is 20.2 Å². The molecule has 3 heteroatoms. The van der Waals surface area contributed by atoms with Crippen molar-refractivity contribution in [2.45, 2.75) is 19.8 Å². The van der Waals surface area contributed by atoms with Crippen LogP contribution in [0, 0.1) is 0 Å². The first-order valence-electron chi connectivity index (χ1n) is 5.22. The first-order chi connectivity index (χ1) is 7.15. The Labute approximate surface area is 100 Å². The number of halogens is 1. The highest BCUT2D eigenvalue weighted by Crippen LogP contribution is 2.29. The minimum atomic E-state index is 0.479. The van der Waals surface area contributed by atoms with Gasteiger partial charge in [0.1, 0.15) is 12.4 Å². The van der Waals surface area contributed by atoms with E-state index in [1.807, 2.05) is 19.2 Å². The summed E-state index contributed by atoms with van der Waals surface area (Å²) in [6, 6.07) is 6.16. The van der Waals surface area contributed by atoms with E-state index in [2.05, 4.69) is 41.2 Å². The monoisotopic (exact) mass is 271 g/mol. The molecule has 0 heterocycles. The van der Waals surface area contributed by atoms with E-state index in [1.165, 1.54) is 5.56 Å². The molecule has 1 aromatic rings. The second-order valence-corrected chi connectivity index (χ2v) is 4.70. The molecule has 0 aliphatic heterocycles. The molecule has 15 heavy (non-hydrogen) atoms. The fourth-order valence-electron chi connectivity index (χ4n) is 1.36. The van der Waals surface area contributed by atoms with Crippen molar-refractivity contribution in [3.63, 3.8) is 0 Å². The van der Waals surface area contributed by atoms with Gasteiger partial charge in [0.25, 0.3) is 0 Å². The van der Waals surface area contributed by atoms with Crippen LogP contribution in [0.25, 0.3) is 0 Å². The predicted molar refractivity (Wildman–Crippen MR) is 67.7 cm³/mol. The predicted octanol–water partition coefficient (Wildman–Crippen LogP) is 3.17. The molecule has 0 spiro atoms. The van der Waals surface area contributed by atoms with Gasteiger partial charge in [0.05, 0.1) is 0 Å². The van der Waals surface area contributed by atoms with Gasteiger partial charge in [-0.25, -0.2) is 0 Å². The lowest BCUT2D eigenvalue weighted by atomic mass is 10.0. The lowest BCUT2D eigenvalue weighted by molar-refractivity contribution is 0.314. The third-order valence-corrected chi connectivity index (χ3v) is 2.70. The molecule has 0 atom stereocenters. The maximum absolute atomic E-state index is 5.71. The Kier molecular flexibility index (Phi) is 5.12. The minimum Gasteiger partial charge on any atom is -0.492 e. The molecule has 0 radical (unpaired) electrons. The van der Waals surface area contributed by atoms with Crippen LogP contribution in [0.4, 0.5) is 0 Å². The molecule has 0 saturated carbocycles. The first-order valence-corrected chi connectivity index (χ1v) is 6.01. The van der Waals surface area contributed by atoms with Crippen molar-refractivity contribution in [3.8, 4) is 5.75 Å². The molecule has 0 aliphatic rings. The SMILES string of the molecule is CNCCOc1ccc(Br)cc1C(C)C. The molecule has 1 rings (SSSR count). The van der Waals surface area contributed by atoms with Gasteiger partial charge in [-0.3, -0.25) is 0 Å². The van der Waals surface area contributed by atoms with Gasteiger partial charge in [-0.2, -0.15) is 0 Å². The Morgan fingerprint density at radius 1 is 1.40 bits per heavy atom. The summed E-state index contributed by atoms with van der Waals surface area (Å²) >= 11 is 3.48. The van der Waals surface area contributed by atoms with Crippen LogP contribution in [0.5, 0.6) is 5.75 Å². The van der Waals surface area contributed by atoms with Crippen molar-refractivity contribution in [1.82, 2.24) is 5.32 Å². The Morgan fingerprint density at radius 2 is 2.13 bits per heavy atom. The molecule has 0 aliphatic carbocycles. The van der Waals surface area contributed by atoms with Crippen LogP contribution in [0.1, 0.15) is 25.3 Å². The molecule has 2 nitrogen and oxygen atoms in total. The summed E-state index contributed by atoms with van der Waals surface area (Å²) in [6.07, 6.45) is 0. The highest BCUT2D eigenvalue weighted by molar-refractivity contribution is 9.10. The van der Waals surface area contributed by atoms with Crippen molar-refractivity contribution in [3.05, 3.63) is 28.2 Å². The van der Waals surface area contributed by atoms with Crippen LogP contribution < -0.4 is 10.1 Å². The summed E-state index contributed by atoms with van der Waals surface area (Å²) in [5.74, 6) is 1.47. The molecule has 0 saturated heterocycles. The van der Waals surface area contributed by atoms with Crippen molar-refractivity contribution in [1.29, 1.82) is 0 Å². The smallest absolute Gasteiger partial charge is 0.122 e. The van der Waals surface area contributed by atoms with E-state index >= 15 is 0 Å². The zero-order valence-corrected chi connectivity index (χ0v) is 11.1. The summed E-state index contributed by atoms with van der Waals surface area (Å²) in [5.41, 5.74) is 1.25. The quantitative estimate of drug-likeness (QED) is 0.831. The van der Waals surface area contributed by atoms with E-state index < -0.39 is 0 Å². The normalized spacial score (nSPS) is 10.7. The second-order valence-electron chi connectivity index (χ2n) is 3.79. The summed E-state index contributed by atoms with van der Waals surface area (Å²) in [4.78, 5) is 0. The number of hydrogen-bond donors (Lipinski definition) is 1. The number of benzene rings is 1. The van der Waals surface area contributed by atoms with Crippen molar-refractivity contribution in [2.75, 3.05) is 20.2 Å². The van der Waals surface area contributed by atoms with Gasteiger partial charge >= 0.3 is 0 Å². The highest BCUT2D eigenvalue weighted by atomic mass is 79.9. The van der Waals surface area contributed by atoms with E-state index in [4.69, 9.17) is 4.74 Å². The lowest BCUT2D eigenvalue weighted by Gasteiger charge is -2.14. The van der Waals surface area contributed by atoms with Crippen molar-refractivity contribution >= 4 is 15.9 Å². The number of hydrogen-bond acceptors (Lipinski definition) is 2. The molecule has 1 N–H and O–H groups in total. The Bertz CT molecular complexity index is 312. The van der Waals surface area contributed by atoms with Gasteiger partial charge in [0.15, 0.2) is 0 Å². The van der Waals surface area contributed by atoms with Gasteiger partial charge in [-0.1, -0.05) is 29.8 Å². The van der Waals surface area contributed by atoms with Crippen LogP contribution in [0.2, 0.25) is 0 Å². The van der Waals surface area contributed by atoms with Gasteiger partial charge in [-0.05, 0) is 36.7 Å². The van der Waals surface area contributed by atoms with E-state index in [0.29, 0.717) is 12.5 Å². The standard InChI is InChI=1S/C12H18BrNO/c1-9(2)11-8-10(13)4-5-12(11)15-7-6-14-3/h4-5,8-9,14H,6-7H2,1-3H3. The number of ether oxygens (including phenoxy) is 1. The van der Waals surface area contributed by atoms with Gasteiger partial charge < -0.3 is 10.1 Å². The molecular weight excluding hydrogens is 254 g/mol. The maximum atomic E-state index is 5.71. The third-order valence-electron chi connectivity index (χ3n) is 2.20. The van der Waals surface area contributed by atoms with Crippen LogP contribution in [0.3, 0.4) is 0 Å². The average Bonchev–Trinajstić information content (AvgIpc) is 2.20. The van der Waals surface area contributed by atoms with Gasteiger partial charge in [-0.15, -0.1) is 0 Å². The molecule has 1 aromatic carbocycles. The fourth-order valence-corrected chi connectivity index (χ4v) is 1.74. The summed E-state index contributed by atoms with van der Waals surface area (Å²) < 4.78 is 6.81. The molecule has 0 bridgehead atoms. The zero-order chi connectivity index (χ0) is 11.3. The summed E-state index contributed by atoms with van der Waals surface area (Å²) in [5, 5.41) is 3.06. The van der Waals surface area contributed by atoms with Crippen LogP contribution in [0.15, 0.2) is 22.7 Å². The third kappa shape index (κ3) is 3.84. The highest BCUT2D eigenvalue weighted by Gasteiger charge is 2.07. The minimum absolute atomic E-state index is 0.479. The van der Waals surface area contributed by atoms with Crippen LogP contribution in [-0.2, 0) is 0 Å². The van der Waals surface area contributed by atoms with Crippen molar-refractivity contribution in [2.24, 2.45) is 0 Å². The van der Waals surface area contributed by atoms with Gasteiger partial charge in [0, 0.05) is 11.0 Å². The number of rotatable bonds is 5. The van der Waals surface area contributed by atoms with E-state index in [9.17, 15) is 0 Å². The molecule has 84 valence electrons. The number of nitrogens with one attached hydrogen (secondary N) is 1. The number of likely N-dealkylation sites (N-methyl/N-ethyl adjacent to an activating group) is 1. The fraction of sp³-hybridized carbons (Fsp3) is 0.500. The average molecular weight is 272 g/mol. The molecular formula is C12H18BrNO. The molecule has 0 aromatic heterocycles. The zero-order valence-electron chi connectivity index (χ0n) is 9.51. The molecule has 0 amide bonds. The molecule has 0 unspecified atom stereocenters. The Hall–Kier alpha value is -0.540. The Morgan fingerprint density at radius 3 is 2.73 bits per heavy atom. The maximum Gasteiger partial charge on any atom is 0.122 e.